The summed E-state index contributed by atoms with van der Waals surface area (Å²) in [6, 6.07) is 4.35. The second-order valence-corrected chi connectivity index (χ2v) is 7.58. The largest absolute Gasteiger partial charge is 0.422 e. The van der Waals surface area contributed by atoms with Crippen molar-refractivity contribution in [1.29, 1.82) is 0 Å². The first-order chi connectivity index (χ1) is 12.2. The Labute approximate surface area is 148 Å². The van der Waals surface area contributed by atoms with Crippen LogP contribution in [0.3, 0.4) is 0 Å². The van der Waals surface area contributed by atoms with Crippen molar-refractivity contribution in [3.8, 4) is 0 Å². The molecule has 0 spiro atoms. The number of fused-ring (bicyclic) bond motifs is 1. The van der Waals surface area contributed by atoms with Crippen LogP contribution < -0.4 is 4.90 Å². The van der Waals surface area contributed by atoms with E-state index in [4.69, 9.17) is 4.42 Å². The maximum Gasteiger partial charge on any atom is 0.300 e. The third kappa shape index (κ3) is 3.22. The molecule has 0 bridgehead atoms. The Hall–Kier alpha value is -2.11. The summed E-state index contributed by atoms with van der Waals surface area (Å²) in [5, 5.41) is 0. The van der Waals surface area contributed by atoms with E-state index in [1.54, 1.807) is 6.20 Å². The van der Waals surface area contributed by atoms with Crippen LogP contribution in [0.1, 0.15) is 45.4 Å². The highest BCUT2D eigenvalue weighted by molar-refractivity contribution is 5.82. The first-order valence-corrected chi connectivity index (χ1v) is 9.42. The summed E-state index contributed by atoms with van der Waals surface area (Å²) in [7, 11) is 0. The Balaban J connectivity index is 1.45. The number of anilines is 1. The molecule has 4 rings (SSSR count). The zero-order chi connectivity index (χ0) is 17.3. The molecular formula is C19H26N4O2. The SMILES string of the molecule is CC1(C(=O)N2CCCN(c3nc4ncccc4o3)CC2)CCCCC1. The van der Waals surface area contributed by atoms with Crippen LogP contribution in [0.4, 0.5) is 6.01 Å². The van der Waals surface area contributed by atoms with Gasteiger partial charge in [-0.2, -0.15) is 4.98 Å². The summed E-state index contributed by atoms with van der Waals surface area (Å²) in [5.41, 5.74) is 1.20. The predicted molar refractivity (Wildman–Crippen MR) is 96.4 cm³/mol. The molecule has 0 aromatic carbocycles. The first kappa shape index (κ1) is 16.4. The van der Waals surface area contributed by atoms with Gasteiger partial charge in [0.25, 0.3) is 6.01 Å². The number of carbonyl (C=O) groups excluding carboxylic acids is 1. The van der Waals surface area contributed by atoms with Crippen LogP contribution in [0, 0.1) is 5.41 Å². The fourth-order valence-electron chi connectivity index (χ4n) is 4.13. The van der Waals surface area contributed by atoms with E-state index < -0.39 is 0 Å². The first-order valence-electron chi connectivity index (χ1n) is 9.42. The van der Waals surface area contributed by atoms with E-state index in [0.717, 1.165) is 45.4 Å². The van der Waals surface area contributed by atoms with Crippen molar-refractivity contribution in [3.05, 3.63) is 18.3 Å². The van der Waals surface area contributed by atoms with Crippen LogP contribution in [0.2, 0.25) is 0 Å². The summed E-state index contributed by atoms with van der Waals surface area (Å²) < 4.78 is 5.84. The molecule has 2 aromatic heterocycles. The van der Waals surface area contributed by atoms with Crippen molar-refractivity contribution in [3.63, 3.8) is 0 Å². The van der Waals surface area contributed by atoms with Crippen LogP contribution in [0.25, 0.3) is 11.2 Å². The second-order valence-electron chi connectivity index (χ2n) is 7.58. The lowest BCUT2D eigenvalue weighted by Gasteiger charge is -2.36. The van der Waals surface area contributed by atoms with Crippen molar-refractivity contribution in [2.45, 2.75) is 45.4 Å². The van der Waals surface area contributed by atoms with Gasteiger partial charge in [0.15, 0.2) is 5.58 Å². The minimum Gasteiger partial charge on any atom is -0.422 e. The average molecular weight is 342 g/mol. The Morgan fingerprint density at radius 3 is 2.76 bits per heavy atom. The summed E-state index contributed by atoms with van der Waals surface area (Å²) >= 11 is 0. The highest BCUT2D eigenvalue weighted by atomic mass is 16.4. The summed E-state index contributed by atoms with van der Waals surface area (Å²) in [4.78, 5) is 26.0. The van der Waals surface area contributed by atoms with Gasteiger partial charge in [0.1, 0.15) is 0 Å². The quantitative estimate of drug-likeness (QED) is 0.838. The minimum absolute atomic E-state index is 0.158. The zero-order valence-corrected chi connectivity index (χ0v) is 14.9. The molecule has 6 heteroatoms. The van der Waals surface area contributed by atoms with Gasteiger partial charge in [-0.25, -0.2) is 4.98 Å². The van der Waals surface area contributed by atoms with Crippen molar-refractivity contribution in [2.24, 2.45) is 5.41 Å². The van der Waals surface area contributed by atoms with E-state index in [2.05, 4.69) is 26.7 Å². The molecule has 6 nitrogen and oxygen atoms in total. The normalized spacial score (nSPS) is 21.3. The monoisotopic (exact) mass is 342 g/mol. The molecule has 1 saturated carbocycles. The average Bonchev–Trinajstić information content (AvgIpc) is 2.91. The number of nitrogens with zero attached hydrogens (tertiary/aromatic N) is 4. The zero-order valence-electron chi connectivity index (χ0n) is 14.9. The predicted octanol–water partition coefficient (Wildman–Crippen LogP) is 3.23. The van der Waals surface area contributed by atoms with Gasteiger partial charge in [-0.3, -0.25) is 4.79 Å². The fraction of sp³-hybridized carbons (Fsp3) is 0.632. The van der Waals surface area contributed by atoms with Crippen molar-refractivity contribution in [1.82, 2.24) is 14.9 Å². The standard InChI is InChI=1S/C19H26N4O2/c1-19(8-3-2-4-9-19)17(24)22-11-6-12-23(14-13-22)18-21-16-15(25-18)7-5-10-20-16/h5,7,10H,2-4,6,8-9,11-14H2,1H3. The topological polar surface area (TPSA) is 62.5 Å². The highest BCUT2D eigenvalue weighted by Gasteiger charge is 2.38. The highest BCUT2D eigenvalue weighted by Crippen LogP contribution is 2.37. The lowest BCUT2D eigenvalue weighted by atomic mass is 9.74. The van der Waals surface area contributed by atoms with Gasteiger partial charge < -0.3 is 14.2 Å². The van der Waals surface area contributed by atoms with Crippen LogP contribution in [-0.4, -0.2) is 47.0 Å². The van der Waals surface area contributed by atoms with E-state index in [9.17, 15) is 4.79 Å². The van der Waals surface area contributed by atoms with Crippen LogP contribution in [0.5, 0.6) is 0 Å². The molecule has 25 heavy (non-hydrogen) atoms. The van der Waals surface area contributed by atoms with Crippen molar-refractivity contribution < 1.29 is 9.21 Å². The van der Waals surface area contributed by atoms with Gasteiger partial charge in [-0.15, -0.1) is 0 Å². The lowest BCUT2D eigenvalue weighted by Crippen LogP contribution is -2.45. The number of carbonyl (C=O) groups is 1. The minimum atomic E-state index is -0.158. The number of rotatable bonds is 2. The van der Waals surface area contributed by atoms with E-state index in [1.165, 1.54) is 19.3 Å². The Kier molecular flexibility index (Phi) is 4.36. The molecule has 0 unspecified atom stereocenters. The lowest BCUT2D eigenvalue weighted by molar-refractivity contribution is -0.142. The van der Waals surface area contributed by atoms with Crippen molar-refractivity contribution >= 4 is 23.2 Å². The molecule has 0 N–H and O–H groups in total. The van der Waals surface area contributed by atoms with Crippen LogP contribution in [-0.2, 0) is 4.79 Å². The van der Waals surface area contributed by atoms with Gasteiger partial charge in [0.2, 0.25) is 11.6 Å². The Morgan fingerprint density at radius 1 is 1.12 bits per heavy atom. The van der Waals surface area contributed by atoms with Gasteiger partial charge in [-0.05, 0) is 31.4 Å². The molecule has 1 amide bonds. The molecule has 1 aliphatic carbocycles. The molecule has 2 aromatic rings. The maximum absolute atomic E-state index is 13.1. The number of oxazole rings is 1. The molecule has 134 valence electrons. The number of aromatic nitrogens is 2. The van der Waals surface area contributed by atoms with E-state index in [-0.39, 0.29) is 5.41 Å². The molecule has 0 radical (unpaired) electrons. The maximum atomic E-state index is 13.1. The summed E-state index contributed by atoms with van der Waals surface area (Å²) in [6.07, 6.45) is 8.35. The molecule has 0 atom stereocenters. The summed E-state index contributed by atoms with van der Waals surface area (Å²) in [6.45, 7) is 5.33. The van der Waals surface area contributed by atoms with Gasteiger partial charge in [0.05, 0.1) is 0 Å². The molecule has 2 fully saturated rings. The number of hydrogen-bond acceptors (Lipinski definition) is 5. The smallest absolute Gasteiger partial charge is 0.300 e. The number of pyridine rings is 1. The summed E-state index contributed by atoms with van der Waals surface area (Å²) in [5.74, 6) is 0.341. The van der Waals surface area contributed by atoms with E-state index >= 15 is 0 Å². The molecule has 2 aliphatic rings. The van der Waals surface area contributed by atoms with Crippen LogP contribution >= 0.6 is 0 Å². The Morgan fingerprint density at radius 2 is 1.96 bits per heavy atom. The second kappa shape index (κ2) is 6.65. The molecule has 3 heterocycles. The fourth-order valence-corrected chi connectivity index (χ4v) is 4.13. The van der Waals surface area contributed by atoms with Gasteiger partial charge >= 0.3 is 0 Å². The number of amides is 1. The third-order valence-electron chi connectivity index (χ3n) is 5.68. The molecule has 1 aliphatic heterocycles. The number of hydrogen-bond donors (Lipinski definition) is 0. The van der Waals surface area contributed by atoms with Crippen LogP contribution in [0.15, 0.2) is 22.7 Å². The third-order valence-corrected chi connectivity index (χ3v) is 5.68. The Bertz CT molecular complexity index is 718. The van der Waals surface area contributed by atoms with Crippen molar-refractivity contribution in [2.75, 3.05) is 31.1 Å². The molecule has 1 saturated heterocycles. The van der Waals surface area contributed by atoms with Gasteiger partial charge in [-0.1, -0.05) is 26.2 Å². The molecular weight excluding hydrogens is 316 g/mol. The van der Waals surface area contributed by atoms with E-state index in [1.807, 2.05) is 12.1 Å². The van der Waals surface area contributed by atoms with Gasteiger partial charge in [0, 0.05) is 37.8 Å². The van der Waals surface area contributed by atoms with E-state index in [0.29, 0.717) is 23.2 Å².